The monoisotopic (exact) mass is 381 g/mol. The van der Waals surface area contributed by atoms with E-state index in [1.54, 1.807) is 4.40 Å². The molecule has 1 unspecified atom stereocenters. The Morgan fingerprint density at radius 2 is 2.04 bits per heavy atom. The molecule has 1 N–H and O–H groups in total. The average Bonchev–Trinajstić information content (AvgIpc) is 3.21. The molecule has 146 valence electrons. The number of nitrogens with zero attached hydrogens (tertiary/aromatic N) is 4. The first-order chi connectivity index (χ1) is 12.7. The molecule has 1 atom stereocenters. The van der Waals surface area contributed by atoms with E-state index in [1.807, 2.05) is 9.80 Å². The summed E-state index contributed by atoms with van der Waals surface area (Å²) in [4.78, 5) is 19.9. The summed E-state index contributed by atoms with van der Waals surface area (Å²) >= 11 is 0. The third-order valence-electron chi connectivity index (χ3n) is 5.59. The smallest absolute Gasteiger partial charge is 0.357 e. The Kier molecular flexibility index (Phi) is 4.01. The van der Waals surface area contributed by atoms with Gasteiger partial charge < -0.3 is 15.1 Å². The summed E-state index contributed by atoms with van der Waals surface area (Å²) < 4.78 is 41.7. The van der Waals surface area contributed by atoms with Gasteiger partial charge in [-0.15, -0.1) is 0 Å². The number of anilines is 1. The van der Waals surface area contributed by atoms with Crippen LogP contribution in [0.2, 0.25) is 0 Å². The van der Waals surface area contributed by atoms with Crippen LogP contribution in [-0.4, -0.2) is 52.5 Å². The summed E-state index contributed by atoms with van der Waals surface area (Å²) in [7, 11) is 0. The Hall–Kier alpha value is -2.45. The number of hydrogen-bond acceptors (Lipinski definition) is 3. The van der Waals surface area contributed by atoms with Gasteiger partial charge in [0.15, 0.2) is 0 Å². The Labute approximate surface area is 154 Å². The zero-order valence-electron chi connectivity index (χ0n) is 15.3. The number of halogens is 3. The van der Waals surface area contributed by atoms with Crippen LogP contribution in [0.25, 0.3) is 5.52 Å². The molecule has 4 rings (SSSR count). The third kappa shape index (κ3) is 3.08. The van der Waals surface area contributed by atoms with Gasteiger partial charge in [0.25, 0.3) is 0 Å². The fourth-order valence-electron chi connectivity index (χ4n) is 4.32. The van der Waals surface area contributed by atoms with Gasteiger partial charge in [0.1, 0.15) is 12.1 Å². The van der Waals surface area contributed by atoms with Crippen molar-refractivity contribution in [1.29, 1.82) is 0 Å². The van der Waals surface area contributed by atoms with Crippen LogP contribution in [-0.2, 0) is 6.18 Å². The van der Waals surface area contributed by atoms with Crippen LogP contribution in [0.15, 0.2) is 24.7 Å². The second-order valence-corrected chi connectivity index (χ2v) is 7.93. The van der Waals surface area contributed by atoms with Crippen LogP contribution < -0.4 is 10.2 Å². The molecule has 2 saturated heterocycles. The van der Waals surface area contributed by atoms with E-state index in [1.165, 1.54) is 18.6 Å². The minimum atomic E-state index is -4.41. The van der Waals surface area contributed by atoms with E-state index >= 15 is 0 Å². The highest BCUT2D eigenvalue weighted by atomic mass is 19.4. The summed E-state index contributed by atoms with van der Waals surface area (Å²) in [6.07, 6.45) is -0.738. The molecule has 0 saturated carbocycles. The Bertz CT molecular complexity index is 875. The largest absolute Gasteiger partial charge is 0.416 e. The van der Waals surface area contributed by atoms with Crippen molar-refractivity contribution >= 4 is 17.4 Å². The molecule has 0 bridgehead atoms. The molecule has 6 nitrogen and oxygen atoms in total. The number of fused-ring (bicyclic) bond motifs is 1. The lowest BCUT2D eigenvalue weighted by atomic mass is 9.78. The zero-order valence-corrected chi connectivity index (χ0v) is 15.3. The molecule has 0 radical (unpaired) electrons. The standard InChI is InChI=1S/C18H22F3N5O/c1-17(2)10-24(5-3-14(17)25-6-4-23-16(25)27)15-8-12(18(19,20)21)7-13-9-22-11-26(13)15/h7-9,11,14H,3-6,10H2,1-2H3,(H,23,27). The number of pyridine rings is 1. The highest BCUT2D eigenvalue weighted by Gasteiger charge is 2.43. The molecular weight excluding hydrogens is 359 g/mol. The maximum absolute atomic E-state index is 13.3. The number of urea groups is 1. The molecule has 2 aliphatic heterocycles. The highest BCUT2D eigenvalue weighted by Crippen LogP contribution is 2.38. The van der Waals surface area contributed by atoms with Crippen LogP contribution in [0.5, 0.6) is 0 Å². The SMILES string of the molecule is CC1(C)CN(c2cc(C(F)(F)F)cc3cncn23)CCC1N1CCNC1=O. The number of rotatable bonds is 2. The van der Waals surface area contributed by atoms with E-state index in [4.69, 9.17) is 0 Å². The molecule has 2 aromatic rings. The average molecular weight is 381 g/mol. The fraction of sp³-hybridized carbons (Fsp3) is 0.556. The van der Waals surface area contributed by atoms with E-state index in [9.17, 15) is 18.0 Å². The molecule has 0 aliphatic carbocycles. The van der Waals surface area contributed by atoms with Gasteiger partial charge in [-0.3, -0.25) is 4.40 Å². The van der Waals surface area contributed by atoms with Crippen LogP contribution in [0.1, 0.15) is 25.8 Å². The molecule has 0 spiro atoms. The minimum Gasteiger partial charge on any atom is -0.357 e. The number of hydrogen-bond donors (Lipinski definition) is 1. The lowest BCUT2D eigenvalue weighted by Gasteiger charge is -2.48. The van der Waals surface area contributed by atoms with Crippen molar-refractivity contribution < 1.29 is 18.0 Å². The molecule has 2 fully saturated rings. The normalized spacial score (nSPS) is 23.1. The maximum Gasteiger partial charge on any atom is 0.416 e. The number of imidazole rings is 1. The second-order valence-electron chi connectivity index (χ2n) is 7.93. The third-order valence-corrected chi connectivity index (χ3v) is 5.59. The van der Waals surface area contributed by atoms with Crippen molar-refractivity contribution in [2.45, 2.75) is 32.5 Å². The van der Waals surface area contributed by atoms with Crippen LogP contribution in [0.3, 0.4) is 0 Å². The molecule has 27 heavy (non-hydrogen) atoms. The molecule has 4 heterocycles. The van der Waals surface area contributed by atoms with Crippen molar-refractivity contribution in [2.24, 2.45) is 5.41 Å². The fourth-order valence-corrected chi connectivity index (χ4v) is 4.32. The van der Waals surface area contributed by atoms with Gasteiger partial charge in [-0.25, -0.2) is 9.78 Å². The Balaban J connectivity index is 1.67. The van der Waals surface area contributed by atoms with Gasteiger partial charge in [-0.2, -0.15) is 13.2 Å². The predicted molar refractivity (Wildman–Crippen MR) is 94.7 cm³/mol. The first-order valence-corrected chi connectivity index (χ1v) is 8.99. The van der Waals surface area contributed by atoms with E-state index in [0.717, 1.165) is 6.07 Å². The first-order valence-electron chi connectivity index (χ1n) is 8.99. The predicted octanol–water partition coefficient (Wildman–Crippen LogP) is 2.98. The van der Waals surface area contributed by atoms with Crippen molar-refractivity contribution in [3.63, 3.8) is 0 Å². The molecule has 2 amide bonds. The molecular formula is C18H22F3N5O. The van der Waals surface area contributed by atoms with E-state index in [2.05, 4.69) is 24.1 Å². The summed E-state index contributed by atoms with van der Waals surface area (Å²) in [5.74, 6) is 0.481. The van der Waals surface area contributed by atoms with Gasteiger partial charge in [0.05, 0.1) is 17.3 Å². The topological polar surface area (TPSA) is 52.9 Å². The Morgan fingerprint density at radius 3 is 2.67 bits per heavy atom. The summed E-state index contributed by atoms with van der Waals surface area (Å²) in [5.41, 5.74) is -0.524. The van der Waals surface area contributed by atoms with Gasteiger partial charge in [0, 0.05) is 37.6 Å². The van der Waals surface area contributed by atoms with Crippen LogP contribution in [0.4, 0.5) is 23.8 Å². The number of aromatic nitrogens is 2. The second kappa shape index (κ2) is 6.03. The molecule has 2 aromatic heterocycles. The number of alkyl halides is 3. The minimum absolute atomic E-state index is 0.0559. The lowest BCUT2D eigenvalue weighted by molar-refractivity contribution is -0.137. The highest BCUT2D eigenvalue weighted by molar-refractivity contribution is 5.76. The van der Waals surface area contributed by atoms with Gasteiger partial charge in [0.2, 0.25) is 0 Å². The summed E-state index contributed by atoms with van der Waals surface area (Å²) in [6.45, 7) is 6.56. The van der Waals surface area contributed by atoms with Gasteiger partial charge >= 0.3 is 12.2 Å². The van der Waals surface area contributed by atoms with Gasteiger partial charge in [-0.05, 0) is 18.6 Å². The molecule has 9 heteroatoms. The van der Waals surface area contributed by atoms with E-state index in [-0.39, 0.29) is 17.5 Å². The number of carbonyl (C=O) groups is 1. The van der Waals surface area contributed by atoms with Crippen molar-refractivity contribution in [2.75, 3.05) is 31.1 Å². The molecule has 0 aromatic carbocycles. The van der Waals surface area contributed by atoms with Crippen molar-refractivity contribution in [3.8, 4) is 0 Å². The van der Waals surface area contributed by atoms with E-state index in [0.29, 0.717) is 43.9 Å². The number of amides is 2. The summed E-state index contributed by atoms with van der Waals surface area (Å²) in [5, 5.41) is 2.83. The quantitative estimate of drug-likeness (QED) is 0.870. The van der Waals surface area contributed by atoms with Gasteiger partial charge in [-0.1, -0.05) is 13.8 Å². The van der Waals surface area contributed by atoms with Crippen molar-refractivity contribution in [1.82, 2.24) is 19.6 Å². The lowest BCUT2D eigenvalue weighted by Crippen LogP contribution is -2.56. The summed E-state index contributed by atoms with van der Waals surface area (Å²) in [6, 6.07) is 2.30. The van der Waals surface area contributed by atoms with E-state index < -0.39 is 11.7 Å². The first kappa shape index (κ1) is 17.9. The van der Waals surface area contributed by atoms with Crippen molar-refractivity contribution in [3.05, 3.63) is 30.2 Å². The maximum atomic E-state index is 13.3. The number of piperidine rings is 1. The Morgan fingerprint density at radius 1 is 1.26 bits per heavy atom. The van der Waals surface area contributed by atoms with Crippen LogP contribution in [0, 0.1) is 5.41 Å². The van der Waals surface area contributed by atoms with Crippen LogP contribution >= 0.6 is 0 Å². The zero-order chi connectivity index (χ0) is 19.4. The molecule has 2 aliphatic rings. The number of carbonyl (C=O) groups excluding carboxylic acids is 1. The number of nitrogens with one attached hydrogen (secondary N) is 1.